The van der Waals surface area contributed by atoms with Crippen LogP contribution in [-0.4, -0.2) is 16.7 Å². The third kappa shape index (κ3) is 2.82. The molecule has 0 aliphatic heterocycles. The van der Waals surface area contributed by atoms with Crippen molar-refractivity contribution in [3.8, 4) is 0 Å². The molecule has 0 bridgehead atoms. The van der Waals surface area contributed by atoms with Crippen LogP contribution in [0.25, 0.3) is 0 Å². The molecule has 1 unspecified atom stereocenters. The Morgan fingerprint density at radius 3 is 2.62 bits per heavy atom. The summed E-state index contributed by atoms with van der Waals surface area (Å²) in [5, 5.41) is 4.04. The van der Waals surface area contributed by atoms with Gasteiger partial charge in [-0.2, -0.15) is 4.98 Å². The predicted molar refractivity (Wildman–Crippen MR) is 62.1 cm³/mol. The molecule has 2 N–H and O–H groups in total. The van der Waals surface area contributed by atoms with Crippen molar-refractivity contribution in [2.24, 2.45) is 11.1 Å². The van der Waals surface area contributed by atoms with Crippen LogP contribution in [0.5, 0.6) is 0 Å². The molecule has 2 rings (SSSR count). The van der Waals surface area contributed by atoms with E-state index in [-0.39, 0.29) is 11.3 Å². The molecule has 1 aromatic rings. The van der Waals surface area contributed by atoms with Crippen molar-refractivity contribution in [3.05, 3.63) is 11.7 Å². The Labute approximate surface area is 96.6 Å². The van der Waals surface area contributed by atoms with Gasteiger partial charge in [-0.3, -0.25) is 0 Å². The molecular formula is C12H21N3O. The molecule has 1 heterocycles. The summed E-state index contributed by atoms with van der Waals surface area (Å²) in [6.45, 7) is 7.18. The zero-order valence-electron chi connectivity index (χ0n) is 10.4. The van der Waals surface area contributed by atoms with Crippen LogP contribution in [0, 0.1) is 5.41 Å². The zero-order valence-corrected chi connectivity index (χ0v) is 10.4. The first-order valence-corrected chi connectivity index (χ1v) is 6.03. The van der Waals surface area contributed by atoms with Crippen LogP contribution in [0.2, 0.25) is 0 Å². The second-order valence-corrected chi connectivity index (χ2v) is 5.96. The van der Waals surface area contributed by atoms with Crippen LogP contribution in [0.15, 0.2) is 4.52 Å². The molecule has 1 atom stereocenters. The van der Waals surface area contributed by atoms with Gasteiger partial charge in [0.05, 0.1) is 5.92 Å². The lowest BCUT2D eigenvalue weighted by atomic mass is 9.84. The van der Waals surface area contributed by atoms with Gasteiger partial charge in [0.15, 0.2) is 5.82 Å². The quantitative estimate of drug-likeness (QED) is 0.851. The Morgan fingerprint density at radius 1 is 1.44 bits per heavy atom. The van der Waals surface area contributed by atoms with E-state index in [1.165, 1.54) is 12.8 Å². The van der Waals surface area contributed by atoms with Crippen molar-refractivity contribution in [1.29, 1.82) is 0 Å². The third-order valence-electron chi connectivity index (χ3n) is 2.89. The van der Waals surface area contributed by atoms with Gasteiger partial charge in [0, 0.05) is 12.5 Å². The highest BCUT2D eigenvalue weighted by Gasteiger charge is 2.31. The molecule has 0 amide bonds. The van der Waals surface area contributed by atoms with Crippen LogP contribution in [-0.2, 0) is 0 Å². The third-order valence-corrected chi connectivity index (χ3v) is 2.89. The Morgan fingerprint density at radius 2 is 2.12 bits per heavy atom. The fourth-order valence-electron chi connectivity index (χ4n) is 1.93. The molecule has 1 aliphatic rings. The molecule has 0 saturated heterocycles. The Hall–Kier alpha value is -0.900. The fraction of sp³-hybridized carbons (Fsp3) is 0.833. The molecule has 16 heavy (non-hydrogen) atoms. The smallest absolute Gasteiger partial charge is 0.231 e. The first kappa shape index (κ1) is 11.6. The molecule has 1 fully saturated rings. The molecule has 1 saturated carbocycles. The number of hydrogen-bond donors (Lipinski definition) is 1. The summed E-state index contributed by atoms with van der Waals surface area (Å²) in [5.74, 6) is 2.34. The van der Waals surface area contributed by atoms with Crippen molar-refractivity contribution in [2.45, 2.75) is 51.9 Å². The van der Waals surface area contributed by atoms with Crippen LogP contribution in [0.4, 0.5) is 0 Å². The first-order valence-electron chi connectivity index (χ1n) is 6.03. The molecule has 0 spiro atoms. The molecular weight excluding hydrogens is 202 g/mol. The zero-order chi connectivity index (χ0) is 11.8. The maximum atomic E-state index is 5.79. The molecule has 1 aliphatic carbocycles. The van der Waals surface area contributed by atoms with Gasteiger partial charge in [-0.25, -0.2) is 0 Å². The maximum Gasteiger partial charge on any atom is 0.231 e. The Kier molecular flexibility index (Phi) is 3.02. The lowest BCUT2D eigenvalue weighted by Gasteiger charge is -2.22. The van der Waals surface area contributed by atoms with E-state index < -0.39 is 0 Å². The highest BCUT2D eigenvalue weighted by atomic mass is 16.5. The summed E-state index contributed by atoms with van der Waals surface area (Å²) in [7, 11) is 0. The molecule has 0 radical (unpaired) electrons. The number of nitrogens with two attached hydrogens (primary N) is 1. The molecule has 1 aromatic heterocycles. The molecule has 4 nitrogen and oxygen atoms in total. The minimum atomic E-state index is 0.194. The van der Waals surface area contributed by atoms with Gasteiger partial charge in [0.25, 0.3) is 0 Å². The summed E-state index contributed by atoms with van der Waals surface area (Å²) in [5.41, 5.74) is 6.02. The minimum absolute atomic E-state index is 0.194. The van der Waals surface area contributed by atoms with Gasteiger partial charge < -0.3 is 10.3 Å². The summed E-state index contributed by atoms with van der Waals surface area (Å²) in [6, 6.07) is 0. The van der Waals surface area contributed by atoms with E-state index in [0.717, 1.165) is 18.1 Å². The van der Waals surface area contributed by atoms with Crippen LogP contribution in [0.1, 0.15) is 63.6 Å². The molecule has 0 aromatic carbocycles. The van der Waals surface area contributed by atoms with E-state index in [4.69, 9.17) is 10.3 Å². The van der Waals surface area contributed by atoms with Gasteiger partial charge in [-0.05, 0) is 24.7 Å². The summed E-state index contributed by atoms with van der Waals surface area (Å²) in [4.78, 5) is 4.47. The van der Waals surface area contributed by atoms with E-state index in [0.29, 0.717) is 12.5 Å². The monoisotopic (exact) mass is 223 g/mol. The van der Waals surface area contributed by atoms with Gasteiger partial charge in [-0.15, -0.1) is 0 Å². The summed E-state index contributed by atoms with van der Waals surface area (Å²) >= 11 is 0. The fourth-order valence-corrected chi connectivity index (χ4v) is 1.93. The topological polar surface area (TPSA) is 64.9 Å². The highest BCUT2D eigenvalue weighted by Crippen LogP contribution is 2.39. The summed E-state index contributed by atoms with van der Waals surface area (Å²) < 4.78 is 5.32. The van der Waals surface area contributed by atoms with Gasteiger partial charge in [-0.1, -0.05) is 25.9 Å². The standard InChI is InChI=1S/C12H21N3O/c1-12(2,3)6-9(7-13)11-14-10(15-16-11)8-4-5-8/h8-9H,4-7,13H2,1-3H3. The van der Waals surface area contributed by atoms with E-state index >= 15 is 0 Å². The Balaban J connectivity index is 2.06. The maximum absolute atomic E-state index is 5.79. The van der Waals surface area contributed by atoms with Crippen LogP contribution >= 0.6 is 0 Å². The van der Waals surface area contributed by atoms with E-state index in [9.17, 15) is 0 Å². The lowest BCUT2D eigenvalue weighted by Crippen LogP contribution is -2.19. The van der Waals surface area contributed by atoms with Crippen molar-refractivity contribution in [1.82, 2.24) is 10.1 Å². The van der Waals surface area contributed by atoms with Crippen molar-refractivity contribution in [2.75, 3.05) is 6.54 Å². The first-order chi connectivity index (χ1) is 7.49. The van der Waals surface area contributed by atoms with Gasteiger partial charge in [0.2, 0.25) is 5.89 Å². The Bertz CT molecular complexity index is 349. The SMILES string of the molecule is CC(C)(C)CC(CN)c1nc(C2CC2)no1. The molecule has 90 valence electrons. The number of nitrogens with zero attached hydrogens (tertiary/aromatic N) is 2. The van der Waals surface area contributed by atoms with Gasteiger partial charge in [0.1, 0.15) is 0 Å². The van der Waals surface area contributed by atoms with E-state index in [1.807, 2.05) is 0 Å². The van der Waals surface area contributed by atoms with Gasteiger partial charge >= 0.3 is 0 Å². The van der Waals surface area contributed by atoms with Crippen molar-refractivity contribution >= 4 is 0 Å². The van der Waals surface area contributed by atoms with E-state index in [2.05, 4.69) is 30.9 Å². The average Bonchev–Trinajstić information content (AvgIpc) is 2.92. The average molecular weight is 223 g/mol. The number of aromatic nitrogens is 2. The second-order valence-electron chi connectivity index (χ2n) is 5.96. The number of hydrogen-bond acceptors (Lipinski definition) is 4. The predicted octanol–water partition coefficient (Wildman–Crippen LogP) is 2.43. The summed E-state index contributed by atoms with van der Waals surface area (Å²) in [6.07, 6.45) is 3.38. The lowest BCUT2D eigenvalue weighted by molar-refractivity contribution is 0.286. The van der Waals surface area contributed by atoms with E-state index in [1.54, 1.807) is 0 Å². The van der Waals surface area contributed by atoms with Crippen LogP contribution < -0.4 is 5.73 Å². The minimum Gasteiger partial charge on any atom is -0.339 e. The van der Waals surface area contributed by atoms with Crippen molar-refractivity contribution in [3.63, 3.8) is 0 Å². The van der Waals surface area contributed by atoms with Crippen LogP contribution in [0.3, 0.4) is 0 Å². The largest absolute Gasteiger partial charge is 0.339 e. The number of rotatable bonds is 4. The molecule has 4 heteroatoms. The van der Waals surface area contributed by atoms with Crippen molar-refractivity contribution < 1.29 is 4.52 Å². The normalized spacial score (nSPS) is 18.8. The second kappa shape index (κ2) is 4.17. The highest BCUT2D eigenvalue weighted by molar-refractivity contribution is 5.05.